The third kappa shape index (κ3) is 4.32. The van der Waals surface area contributed by atoms with Gasteiger partial charge in [0.15, 0.2) is 0 Å². The molecule has 0 bridgehead atoms. The van der Waals surface area contributed by atoms with Gasteiger partial charge in [0, 0.05) is 26.7 Å². The van der Waals surface area contributed by atoms with Crippen LogP contribution in [0.3, 0.4) is 0 Å². The monoisotopic (exact) mass is 429 g/mol. The zero-order valence-corrected chi connectivity index (χ0v) is 17.2. The Bertz CT molecular complexity index is 951. The fourth-order valence-corrected chi connectivity index (χ4v) is 5.07. The van der Waals surface area contributed by atoms with Crippen LogP contribution < -0.4 is 5.32 Å². The van der Waals surface area contributed by atoms with E-state index in [1.165, 1.54) is 14.9 Å². The SMILES string of the molecule is Cn1c(C(=O)NCc2cccc(S(=O)(=O)N3CCCCC3)c2)cc(Cl)c1Cl. The standard InChI is InChI=1S/C18H21Cl2N3O3S/c1-22-16(11-15(19)17(22)20)18(24)21-12-13-6-5-7-14(10-13)27(25,26)23-8-3-2-4-9-23/h5-7,10-11H,2-4,8-9,12H2,1H3,(H,21,24). The maximum Gasteiger partial charge on any atom is 0.268 e. The summed E-state index contributed by atoms with van der Waals surface area (Å²) < 4.78 is 28.6. The van der Waals surface area contributed by atoms with Gasteiger partial charge in [0.1, 0.15) is 10.8 Å². The molecule has 1 aliphatic heterocycles. The summed E-state index contributed by atoms with van der Waals surface area (Å²) in [6, 6.07) is 8.16. The highest BCUT2D eigenvalue weighted by Gasteiger charge is 2.26. The summed E-state index contributed by atoms with van der Waals surface area (Å²) in [5.41, 5.74) is 1.04. The molecule has 27 heavy (non-hydrogen) atoms. The van der Waals surface area contributed by atoms with Gasteiger partial charge in [-0.25, -0.2) is 8.42 Å². The normalized spacial score (nSPS) is 15.7. The maximum atomic E-state index is 12.8. The van der Waals surface area contributed by atoms with Crippen molar-refractivity contribution < 1.29 is 13.2 Å². The van der Waals surface area contributed by atoms with E-state index >= 15 is 0 Å². The van der Waals surface area contributed by atoms with Crippen molar-refractivity contribution in [2.24, 2.45) is 7.05 Å². The van der Waals surface area contributed by atoms with Gasteiger partial charge in [-0.3, -0.25) is 4.79 Å². The largest absolute Gasteiger partial charge is 0.347 e. The van der Waals surface area contributed by atoms with Gasteiger partial charge in [0.05, 0.1) is 9.92 Å². The van der Waals surface area contributed by atoms with Gasteiger partial charge in [-0.2, -0.15) is 4.31 Å². The molecule has 1 saturated heterocycles. The fourth-order valence-electron chi connectivity index (χ4n) is 3.10. The Kier molecular flexibility index (Phi) is 6.15. The van der Waals surface area contributed by atoms with Crippen molar-refractivity contribution in [1.29, 1.82) is 0 Å². The first-order valence-electron chi connectivity index (χ1n) is 8.68. The predicted octanol–water partition coefficient (Wildman–Crippen LogP) is 3.44. The van der Waals surface area contributed by atoms with Crippen molar-refractivity contribution in [3.8, 4) is 0 Å². The minimum absolute atomic E-state index is 0.197. The number of sulfonamides is 1. The molecular formula is C18H21Cl2N3O3S. The Morgan fingerprint density at radius 1 is 1.15 bits per heavy atom. The van der Waals surface area contributed by atoms with Crippen molar-refractivity contribution >= 4 is 39.1 Å². The van der Waals surface area contributed by atoms with Crippen LogP contribution in [0.5, 0.6) is 0 Å². The number of amides is 1. The summed E-state index contributed by atoms with van der Waals surface area (Å²) in [7, 11) is -1.85. The summed E-state index contributed by atoms with van der Waals surface area (Å²) in [6.07, 6.45) is 2.83. The molecule has 0 saturated carbocycles. The lowest BCUT2D eigenvalue weighted by atomic mass is 10.2. The highest BCUT2D eigenvalue weighted by Crippen LogP contribution is 2.25. The number of halogens is 2. The predicted molar refractivity (Wildman–Crippen MR) is 106 cm³/mol. The van der Waals surface area contributed by atoms with Crippen molar-refractivity contribution in [3.05, 3.63) is 51.8 Å². The second kappa shape index (κ2) is 8.22. The number of nitrogens with one attached hydrogen (secondary N) is 1. The highest BCUT2D eigenvalue weighted by molar-refractivity contribution is 7.89. The average Bonchev–Trinajstić information content (AvgIpc) is 2.94. The number of piperidine rings is 1. The topological polar surface area (TPSA) is 71.4 Å². The molecule has 9 heteroatoms. The summed E-state index contributed by atoms with van der Waals surface area (Å²) >= 11 is 11.9. The Balaban J connectivity index is 1.72. The molecule has 2 aromatic rings. The van der Waals surface area contributed by atoms with Gasteiger partial charge in [-0.05, 0) is 36.6 Å². The van der Waals surface area contributed by atoms with E-state index in [1.54, 1.807) is 31.3 Å². The highest BCUT2D eigenvalue weighted by atomic mass is 35.5. The zero-order chi connectivity index (χ0) is 19.6. The first-order valence-corrected chi connectivity index (χ1v) is 10.9. The minimum Gasteiger partial charge on any atom is -0.347 e. The number of rotatable bonds is 5. The van der Waals surface area contributed by atoms with Crippen LogP contribution in [0.1, 0.15) is 35.3 Å². The van der Waals surface area contributed by atoms with Gasteiger partial charge in [-0.1, -0.05) is 41.8 Å². The summed E-state index contributed by atoms with van der Waals surface area (Å²) in [5, 5.41) is 3.36. The molecule has 6 nitrogen and oxygen atoms in total. The third-order valence-corrected chi connectivity index (χ3v) is 7.39. The number of hydrogen-bond donors (Lipinski definition) is 1. The number of benzene rings is 1. The van der Waals surface area contributed by atoms with Gasteiger partial charge >= 0.3 is 0 Å². The lowest BCUT2D eigenvalue weighted by molar-refractivity contribution is 0.0943. The Morgan fingerprint density at radius 2 is 1.85 bits per heavy atom. The van der Waals surface area contributed by atoms with Crippen LogP contribution in [0.15, 0.2) is 35.2 Å². The molecule has 2 heterocycles. The van der Waals surface area contributed by atoms with Crippen LogP contribution in [0, 0.1) is 0 Å². The Morgan fingerprint density at radius 3 is 2.48 bits per heavy atom. The smallest absolute Gasteiger partial charge is 0.268 e. The van der Waals surface area contributed by atoms with Crippen LogP contribution in [-0.4, -0.2) is 36.3 Å². The van der Waals surface area contributed by atoms with Gasteiger partial charge in [-0.15, -0.1) is 0 Å². The molecule has 1 N–H and O–H groups in total. The van der Waals surface area contributed by atoms with E-state index in [1.807, 2.05) is 0 Å². The van der Waals surface area contributed by atoms with E-state index in [4.69, 9.17) is 23.2 Å². The van der Waals surface area contributed by atoms with Crippen LogP contribution >= 0.6 is 23.2 Å². The van der Waals surface area contributed by atoms with Crippen LogP contribution in [-0.2, 0) is 23.6 Å². The second-order valence-electron chi connectivity index (χ2n) is 6.52. The molecule has 3 rings (SSSR count). The lowest BCUT2D eigenvalue weighted by Gasteiger charge is -2.26. The van der Waals surface area contributed by atoms with E-state index < -0.39 is 10.0 Å². The van der Waals surface area contributed by atoms with Gasteiger partial charge < -0.3 is 9.88 Å². The Labute approximate surface area is 169 Å². The summed E-state index contributed by atoms with van der Waals surface area (Å²) in [5.74, 6) is -0.337. The second-order valence-corrected chi connectivity index (χ2v) is 9.23. The molecule has 1 aliphatic rings. The molecule has 1 aromatic carbocycles. The first kappa shape index (κ1) is 20.2. The van der Waals surface area contributed by atoms with Crippen LogP contribution in [0.2, 0.25) is 10.2 Å². The molecule has 0 aliphatic carbocycles. The third-order valence-electron chi connectivity index (χ3n) is 4.65. The molecule has 0 spiro atoms. The van der Waals surface area contributed by atoms with E-state index in [2.05, 4.69) is 5.32 Å². The van der Waals surface area contributed by atoms with Crippen molar-refractivity contribution in [2.45, 2.75) is 30.7 Å². The number of nitrogens with zero attached hydrogens (tertiary/aromatic N) is 2. The van der Waals surface area contributed by atoms with Crippen LogP contribution in [0.4, 0.5) is 0 Å². The van der Waals surface area contributed by atoms with E-state index in [0.717, 1.165) is 19.3 Å². The van der Waals surface area contributed by atoms with Crippen molar-refractivity contribution in [1.82, 2.24) is 14.2 Å². The van der Waals surface area contributed by atoms with E-state index in [9.17, 15) is 13.2 Å². The molecule has 146 valence electrons. The zero-order valence-electron chi connectivity index (χ0n) is 14.9. The average molecular weight is 430 g/mol. The molecule has 0 unspecified atom stereocenters. The number of aromatic nitrogens is 1. The fraction of sp³-hybridized carbons (Fsp3) is 0.389. The van der Waals surface area contributed by atoms with E-state index in [-0.39, 0.29) is 22.5 Å². The molecular weight excluding hydrogens is 409 g/mol. The quantitative estimate of drug-likeness (QED) is 0.790. The maximum absolute atomic E-state index is 12.8. The number of carbonyl (C=O) groups is 1. The molecule has 0 atom stereocenters. The molecule has 0 radical (unpaired) electrons. The van der Waals surface area contributed by atoms with Crippen molar-refractivity contribution in [2.75, 3.05) is 13.1 Å². The summed E-state index contributed by atoms with van der Waals surface area (Å²) in [6.45, 7) is 1.30. The Hall–Kier alpha value is -1.54. The van der Waals surface area contributed by atoms with Gasteiger partial charge in [0.2, 0.25) is 10.0 Å². The van der Waals surface area contributed by atoms with Gasteiger partial charge in [0.25, 0.3) is 5.91 Å². The summed E-state index contributed by atoms with van der Waals surface area (Å²) in [4.78, 5) is 12.6. The van der Waals surface area contributed by atoms with E-state index in [0.29, 0.717) is 29.4 Å². The van der Waals surface area contributed by atoms with Crippen molar-refractivity contribution in [3.63, 3.8) is 0 Å². The lowest BCUT2D eigenvalue weighted by Crippen LogP contribution is -2.35. The first-order chi connectivity index (χ1) is 12.8. The minimum atomic E-state index is -3.50. The molecule has 1 fully saturated rings. The molecule has 1 aromatic heterocycles. The molecule has 1 amide bonds. The number of carbonyl (C=O) groups excluding carboxylic acids is 1. The van der Waals surface area contributed by atoms with Crippen LogP contribution in [0.25, 0.3) is 0 Å². The number of hydrogen-bond acceptors (Lipinski definition) is 3.